The van der Waals surface area contributed by atoms with E-state index < -0.39 is 23.7 Å². The Balaban J connectivity index is 1.96. The number of carbonyl (C=O) groups excluding carboxylic acids is 3. The summed E-state index contributed by atoms with van der Waals surface area (Å²) in [6, 6.07) is 11.8. The molecule has 0 radical (unpaired) electrons. The summed E-state index contributed by atoms with van der Waals surface area (Å²) in [5.41, 5.74) is 1.22. The maximum atomic E-state index is 13.1. The lowest BCUT2D eigenvalue weighted by molar-refractivity contribution is -0.858. The second kappa shape index (κ2) is 8.22. The zero-order chi connectivity index (χ0) is 19.4. The number of likely N-dealkylation sites (tertiary alicyclic amines) is 1. The van der Waals surface area contributed by atoms with E-state index in [2.05, 4.69) is 4.98 Å². The summed E-state index contributed by atoms with van der Waals surface area (Å²) in [5, 5.41) is 0. The minimum absolute atomic E-state index is 0.302. The molecule has 1 saturated heterocycles. The minimum Gasteiger partial charge on any atom is -0.340 e. The van der Waals surface area contributed by atoms with E-state index in [0.717, 1.165) is 18.5 Å². The Bertz CT molecular complexity index is 821. The Labute approximate surface area is 158 Å². The minimum atomic E-state index is -1.01. The highest BCUT2D eigenvalue weighted by Crippen LogP contribution is 2.37. The molecular weight excluding hydrogens is 342 g/mol. The van der Waals surface area contributed by atoms with Gasteiger partial charge in [-0.3, -0.25) is 14.4 Å². The first-order valence-corrected chi connectivity index (χ1v) is 9.20. The molecule has 2 N–H and O–H groups in total. The number of hydrogen-bond donors (Lipinski definition) is 1. The van der Waals surface area contributed by atoms with Crippen LogP contribution in [-0.4, -0.2) is 49.6 Å². The molecule has 1 amide bonds. The van der Waals surface area contributed by atoms with E-state index in [4.69, 9.17) is 0 Å². The van der Waals surface area contributed by atoms with Gasteiger partial charge in [-0.15, -0.1) is 0 Å². The predicted molar refractivity (Wildman–Crippen MR) is 99.0 cm³/mol. The lowest BCUT2D eigenvalue weighted by Gasteiger charge is -2.26. The number of nitrogens with zero attached hydrogens (tertiary/aromatic N) is 1. The van der Waals surface area contributed by atoms with Crippen LogP contribution in [0.5, 0.6) is 0 Å². The highest BCUT2D eigenvalue weighted by Gasteiger charge is 2.51. The molecule has 3 rings (SSSR count). The van der Waals surface area contributed by atoms with E-state index >= 15 is 0 Å². The highest BCUT2D eigenvalue weighted by atomic mass is 16.2. The molecule has 2 atom stereocenters. The van der Waals surface area contributed by atoms with Crippen molar-refractivity contribution in [1.82, 2.24) is 4.90 Å². The van der Waals surface area contributed by atoms with Crippen LogP contribution >= 0.6 is 0 Å². The average Bonchev–Trinajstić information content (AvgIpc) is 2.93. The molecule has 6 heteroatoms. The maximum absolute atomic E-state index is 13.1. The van der Waals surface area contributed by atoms with Gasteiger partial charge >= 0.3 is 0 Å². The van der Waals surface area contributed by atoms with Crippen molar-refractivity contribution in [3.63, 3.8) is 0 Å². The number of benzene rings is 1. The molecular formula is C21H25N3O3+2. The van der Waals surface area contributed by atoms with E-state index in [1.54, 1.807) is 41.6 Å². The lowest BCUT2D eigenvalue weighted by Crippen LogP contribution is -3.05. The molecule has 1 aliphatic heterocycles. The van der Waals surface area contributed by atoms with E-state index in [0.29, 0.717) is 12.1 Å². The number of ketones is 2. The fourth-order valence-electron chi connectivity index (χ4n) is 3.58. The van der Waals surface area contributed by atoms with Crippen molar-refractivity contribution in [3.8, 4) is 0 Å². The Kier molecular flexibility index (Phi) is 5.76. The molecule has 0 aliphatic carbocycles. The monoisotopic (exact) mass is 367 g/mol. The van der Waals surface area contributed by atoms with E-state index in [9.17, 15) is 14.4 Å². The van der Waals surface area contributed by atoms with Crippen LogP contribution in [0.15, 0.2) is 54.9 Å². The second-order valence-electron chi connectivity index (χ2n) is 7.16. The van der Waals surface area contributed by atoms with Gasteiger partial charge in [0.25, 0.3) is 5.91 Å². The van der Waals surface area contributed by atoms with E-state index in [-0.39, 0.29) is 5.78 Å². The van der Waals surface area contributed by atoms with Crippen molar-refractivity contribution in [2.24, 2.45) is 5.92 Å². The summed E-state index contributed by atoms with van der Waals surface area (Å²) in [4.78, 5) is 44.4. The number of Topliss-reactive ketones (excluding diaryl/α,β-unsaturated/α-hetero) is 2. The standard InChI is InChI=1S/C21H23N3O3/c1-23(2)12-7-13-24-18(16-10-6-11-22-14-16)17(20(26)21(24)27)19(25)15-8-4-3-5-9-15/h3-6,8-11,14,17-18H,7,12-13H2,1-2H3/p+2. The maximum Gasteiger partial charge on any atom is 0.291 e. The fraction of sp³-hybridized carbons (Fsp3) is 0.333. The van der Waals surface area contributed by atoms with Crippen LogP contribution in [0.4, 0.5) is 0 Å². The summed E-state index contributed by atoms with van der Waals surface area (Å²) in [6.45, 7) is 1.33. The van der Waals surface area contributed by atoms with Gasteiger partial charge in [0.15, 0.2) is 18.2 Å². The van der Waals surface area contributed by atoms with Gasteiger partial charge in [-0.2, -0.15) is 0 Å². The lowest BCUT2D eigenvalue weighted by atomic mass is 9.87. The highest BCUT2D eigenvalue weighted by molar-refractivity contribution is 6.44. The number of aromatic nitrogens is 1. The molecule has 2 heterocycles. The average molecular weight is 367 g/mol. The third-order valence-electron chi connectivity index (χ3n) is 4.89. The third-order valence-corrected chi connectivity index (χ3v) is 4.89. The number of aromatic amines is 1. The predicted octanol–water partition coefficient (Wildman–Crippen LogP) is -0.0132. The van der Waals surface area contributed by atoms with Gasteiger partial charge in [0.2, 0.25) is 5.78 Å². The molecule has 140 valence electrons. The number of pyridine rings is 1. The van der Waals surface area contributed by atoms with Gasteiger partial charge in [0.1, 0.15) is 5.92 Å². The molecule has 0 saturated carbocycles. The Hall–Kier alpha value is -2.86. The van der Waals surface area contributed by atoms with Crippen LogP contribution in [0, 0.1) is 5.92 Å². The quantitative estimate of drug-likeness (QED) is 0.425. The number of H-pyrrole nitrogens is 1. The van der Waals surface area contributed by atoms with Crippen molar-refractivity contribution in [1.29, 1.82) is 0 Å². The number of carbonyl (C=O) groups is 3. The zero-order valence-electron chi connectivity index (χ0n) is 15.6. The van der Waals surface area contributed by atoms with Crippen molar-refractivity contribution in [3.05, 3.63) is 66.0 Å². The van der Waals surface area contributed by atoms with Crippen LogP contribution < -0.4 is 9.88 Å². The van der Waals surface area contributed by atoms with Crippen LogP contribution in [-0.2, 0) is 9.59 Å². The summed E-state index contributed by atoms with van der Waals surface area (Å²) in [5.74, 6) is -2.49. The number of quaternary nitrogens is 1. The van der Waals surface area contributed by atoms with Gasteiger partial charge in [-0.1, -0.05) is 30.3 Å². The Morgan fingerprint density at radius 1 is 1.11 bits per heavy atom. The van der Waals surface area contributed by atoms with Crippen molar-refractivity contribution in [2.75, 3.05) is 27.2 Å². The first-order valence-electron chi connectivity index (χ1n) is 9.20. The van der Waals surface area contributed by atoms with E-state index in [1.165, 1.54) is 4.90 Å². The Morgan fingerprint density at radius 3 is 2.48 bits per heavy atom. The molecule has 6 nitrogen and oxygen atoms in total. The first-order chi connectivity index (χ1) is 13.0. The van der Waals surface area contributed by atoms with Crippen LogP contribution in [0.3, 0.4) is 0 Å². The van der Waals surface area contributed by atoms with Gasteiger partial charge in [0.05, 0.1) is 26.7 Å². The van der Waals surface area contributed by atoms with Gasteiger partial charge in [0, 0.05) is 30.2 Å². The molecule has 1 aromatic carbocycles. The smallest absolute Gasteiger partial charge is 0.291 e. The summed E-state index contributed by atoms with van der Waals surface area (Å²) in [6.07, 6.45) is 4.28. The summed E-state index contributed by atoms with van der Waals surface area (Å²) < 4.78 is 0. The van der Waals surface area contributed by atoms with E-state index in [1.807, 2.05) is 32.3 Å². The van der Waals surface area contributed by atoms with Crippen LogP contribution in [0.25, 0.3) is 0 Å². The van der Waals surface area contributed by atoms with Crippen LogP contribution in [0.1, 0.15) is 28.4 Å². The van der Waals surface area contributed by atoms with Gasteiger partial charge < -0.3 is 9.80 Å². The van der Waals surface area contributed by atoms with Crippen LogP contribution in [0.2, 0.25) is 0 Å². The molecule has 1 fully saturated rings. The molecule has 27 heavy (non-hydrogen) atoms. The number of nitrogens with one attached hydrogen (secondary N) is 2. The van der Waals surface area contributed by atoms with Crippen molar-refractivity contribution >= 4 is 17.5 Å². The molecule has 0 bridgehead atoms. The Morgan fingerprint density at radius 2 is 1.85 bits per heavy atom. The summed E-state index contributed by atoms with van der Waals surface area (Å²) in [7, 11) is 4.09. The number of rotatable bonds is 7. The first kappa shape index (κ1) is 18.9. The molecule has 2 aromatic rings. The normalized spacial score (nSPS) is 19.7. The van der Waals surface area contributed by atoms with Crippen molar-refractivity contribution < 1.29 is 24.3 Å². The largest absolute Gasteiger partial charge is 0.340 e. The molecule has 1 aromatic heterocycles. The van der Waals surface area contributed by atoms with Crippen molar-refractivity contribution in [2.45, 2.75) is 12.5 Å². The van der Waals surface area contributed by atoms with Gasteiger partial charge in [-0.05, 0) is 6.07 Å². The SMILES string of the molecule is C[NH+](C)CCCN1C(=O)C(=O)C(C(=O)c2ccccc2)C1c1ccc[nH+]c1. The third kappa shape index (κ3) is 3.95. The molecule has 2 unspecified atom stereocenters. The fourth-order valence-corrected chi connectivity index (χ4v) is 3.58. The molecule has 1 aliphatic rings. The summed E-state index contributed by atoms with van der Waals surface area (Å²) >= 11 is 0. The zero-order valence-corrected chi connectivity index (χ0v) is 15.6. The number of hydrogen-bond acceptors (Lipinski definition) is 3. The number of amides is 1. The second-order valence-corrected chi connectivity index (χ2v) is 7.16. The molecule has 0 spiro atoms. The topological polar surface area (TPSA) is 73.0 Å². The van der Waals surface area contributed by atoms with Gasteiger partial charge in [-0.25, -0.2) is 4.98 Å².